The van der Waals surface area contributed by atoms with Crippen LogP contribution in [0.2, 0.25) is 0 Å². The van der Waals surface area contributed by atoms with Gasteiger partial charge in [-0.2, -0.15) is 0 Å². The predicted molar refractivity (Wildman–Crippen MR) is 32.3 cm³/mol. The lowest BCUT2D eigenvalue weighted by molar-refractivity contribution is 0.237. The van der Waals surface area contributed by atoms with Crippen LogP contribution in [-0.4, -0.2) is 25.6 Å². The molecule has 0 unspecified atom stereocenters. The Morgan fingerprint density at radius 3 is 2.78 bits per heavy atom. The second-order valence-corrected chi connectivity index (χ2v) is 1.40. The first-order valence-corrected chi connectivity index (χ1v) is 2.29. The maximum atomic E-state index is 10.00. The van der Waals surface area contributed by atoms with Gasteiger partial charge in [-0.25, -0.2) is 4.79 Å². The van der Waals surface area contributed by atoms with Crippen molar-refractivity contribution in [3.05, 3.63) is 0 Å². The van der Waals surface area contributed by atoms with Gasteiger partial charge in [-0.15, -0.1) is 0 Å². The molecule has 5 nitrogen and oxygen atoms in total. The number of urea groups is 1. The van der Waals surface area contributed by atoms with E-state index in [1.165, 1.54) is 7.11 Å². The van der Waals surface area contributed by atoms with E-state index in [0.717, 1.165) is 0 Å². The van der Waals surface area contributed by atoms with Crippen molar-refractivity contribution in [1.29, 1.82) is 5.41 Å². The minimum atomic E-state index is -0.739. The SMILES string of the molecule is COCC(=N)NC(N)=O. The third-order valence-electron chi connectivity index (χ3n) is 0.563. The number of amides is 2. The molecule has 0 aromatic carbocycles. The minimum Gasteiger partial charge on any atom is -0.377 e. The van der Waals surface area contributed by atoms with Gasteiger partial charge < -0.3 is 10.5 Å². The van der Waals surface area contributed by atoms with Crippen LogP contribution in [0.4, 0.5) is 4.79 Å². The van der Waals surface area contributed by atoms with Gasteiger partial charge in [0.15, 0.2) is 0 Å². The highest BCUT2D eigenvalue weighted by molar-refractivity contribution is 5.95. The van der Waals surface area contributed by atoms with Crippen molar-refractivity contribution in [3.63, 3.8) is 0 Å². The first kappa shape index (κ1) is 7.90. The van der Waals surface area contributed by atoms with Crippen molar-refractivity contribution in [3.8, 4) is 0 Å². The summed E-state index contributed by atoms with van der Waals surface area (Å²) in [6, 6.07) is -0.739. The topological polar surface area (TPSA) is 88.2 Å². The van der Waals surface area contributed by atoms with Gasteiger partial charge in [-0.3, -0.25) is 10.7 Å². The van der Waals surface area contributed by atoms with Gasteiger partial charge in [0.1, 0.15) is 12.4 Å². The average Bonchev–Trinajstić information content (AvgIpc) is 1.63. The van der Waals surface area contributed by atoms with Crippen LogP contribution in [0.15, 0.2) is 0 Å². The van der Waals surface area contributed by atoms with Crippen LogP contribution in [0, 0.1) is 5.41 Å². The molecule has 4 N–H and O–H groups in total. The normalized spacial score (nSPS) is 8.56. The number of hydrogen-bond donors (Lipinski definition) is 3. The summed E-state index contributed by atoms with van der Waals surface area (Å²) in [5, 5.41) is 8.92. The highest BCUT2D eigenvalue weighted by Gasteiger charge is 1.95. The molecule has 0 spiro atoms. The van der Waals surface area contributed by atoms with E-state index in [1.807, 2.05) is 5.32 Å². The summed E-state index contributed by atoms with van der Waals surface area (Å²) < 4.78 is 4.51. The van der Waals surface area contributed by atoms with Gasteiger partial charge in [0, 0.05) is 7.11 Å². The van der Waals surface area contributed by atoms with Crippen molar-refractivity contribution in [2.75, 3.05) is 13.7 Å². The molecule has 9 heavy (non-hydrogen) atoms. The molecule has 0 saturated heterocycles. The van der Waals surface area contributed by atoms with Crippen molar-refractivity contribution >= 4 is 11.9 Å². The number of hydrogen-bond acceptors (Lipinski definition) is 3. The Balaban J connectivity index is 3.39. The van der Waals surface area contributed by atoms with Gasteiger partial charge >= 0.3 is 6.03 Å². The number of nitrogens with one attached hydrogen (secondary N) is 2. The fourth-order valence-corrected chi connectivity index (χ4v) is 0.329. The third-order valence-corrected chi connectivity index (χ3v) is 0.563. The van der Waals surface area contributed by atoms with Crippen LogP contribution >= 0.6 is 0 Å². The number of carbonyl (C=O) groups is 1. The van der Waals surface area contributed by atoms with E-state index in [-0.39, 0.29) is 12.4 Å². The Labute approximate surface area is 52.7 Å². The Morgan fingerprint density at radius 2 is 2.44 bits per heavy atom. The molecule has 0 fully saturated rings. The van der Waals surface area contributed by atoms with E-state index in [2.05, 4.69) is 10.5 Å². The van der Waals surface area contributed by atoms with E-state index in [1.54, 1.807) is 0 Å². The quantitative estimate of drug-likeness (QED) is 0.341. The van der Waals surface area contributed by atoms with Gasteiger partial charge in [0.25, 0.3) is 0 Å². The molecular formula is C4H9N3O2. The van der Waals surface area contributed by atoms with Gasteiger partial charge in [-0.05, 0) is 0 Å². The Hall–Kier alpha value is -1.10. The van der Waals surface area contributed by atoms with E-state index < -0.39 is 6.03 Å². The Kier molecular flexibility index (Phi) is 3.38. The molecule has 0 heterocycles. The molecule has 0 aromatic heterocycles. The first-order valence-electron chi connectivity index (χ1n) is 2.29. The van der Waals surface area contributed by atoms with Crippen LogP contribution in [0.1, 0.15) is 0 Å². The van der Waals surface area contributed by atoms with Crippen LogP contribution in [0.25, 0.3) is 0 Å². The molecule has 52 valence electrons. The summed E-state index contributed by atoms with van der Waals surface area (Å²) in [4.78, 5) is 10.00. The molecule has 0 radical (unpaired) electrons. The largest absolute Gasteiger partial charge is 0.377 e. The lowest BCUT2D eigenvalue weighted by Gasteiger charge is -1.99. The number of carbonyl (C=O) groups excluding carboxylic acids is 1. The monoisotopic (exact) mass is 131 g/mol. The second kappa shape index (κ2) is 3.85. The molecule has 2 amide bonds. The Bertz CT molecular complexity index is 123. The van der Waals surface area contributed by atoms with Crippen molar-refractivity contribution < 1.29 is 9.53 Å². The first-order chi connectivity index (χ1) is 4.16. The van der Waals surface area contributed by atoms with E-state index in [0.29, 0.717) is 0 Å². The number of amidine groups is 1. The highest BCUT2D eigenvalue weighted by Crippen LogP contribution is 1.67. The smallest absolute Gasteiger partial charge is 0.317 e. The standard InChI is InChI=1S/C4H9N3O2/c1-9-2-3(5)7-4(6)8/h2H2,1H3,(H4,5,6,7,8). The number of rotatable bonds is 2. The minimum absolute atomic E-state index is 0.0370. The Morgan fingerprint density at radius 1 is 1.89 bits per heavy atom. The molecule has 0 aliphatic heterocycles. The molecule has 0 atom stereocenters. The van der Waals surface area contributed by atoms with Crippen molar-refractivity contribution in [1.82, 2.24) is 5.32 Å². The van der Waals surface area contributed by atoms with Crippen LogP contribution in [0.3, 0.4) is 0 Å². The number of primary amides is 1. The maximum Gasteiger partial charge on any atom is 0.317 e. The number of methoxy groups -OCH3 is 1. The van der Waals surface area contributed by atoms with Gasteiger partial charge in [-0.1, -0.05) is 0 Å². The van der Waals surface area contributed by atoms with E-state index >= 15 is 0 Å². The summed E-state index contributed by atoms with van der Waals surface area (Å²) in [7, 11) is 1.43. The van der Waals surface area contributed by atoms with Crippen LogP contribution < -0.4 is 11.1 Å². The fourth-order valence-electron chi connectivity index (χ4n) is 0.329. The molecular weight excluding hydrogens is 122 g/mol. The van der Waals surface area contributed by atoms with Crippen molar-refractivity contribution in [2.24, 2.45) is 5.73 Å². The summed E-state index contributed by atoms with van der Waals surface area (Å²) in [6.07, 6.45) is 0. The van der Waals surface area contributed by atoms with E-state index in [4.69, 9.17) is 5.41 Å². The van der Waals surface area contributed by atoms with Crippen LogP contribution in [-0.2, 0) is 4.74 Å². The molecule has 0 aromatic rings. The number of nitrogens with two attached hydrogens (primary N) is 1. The lowest BCUT2D eigenvalue weighted by atomic mass is 10.6. The zero-order valence-electron chi connectivity index (χ0n) is 5.10. The zero-order valence-corrected chi connectivity index (χ0v) is 5.10. The summed E-state index contributed by atoms with van der Waals surface area (Å²) in [5.41, 5.74) is 4.68. The van der Waals surface area contributed by atoms with Crippen LogP contribution in [0.5, 0.6) is 0 Å². The molecule has 5 heteroatoms. The molecule has 0 saturated carbocycles. The molecule has 0 aliphatic rings. The lowest BCUT2D eigenvalue weighted by Crippen LogP contribution is -2.36. The van der Waals surface area contributed by atoms with Gasteiger partial charge in [0.2, 0.25) is 0 Å². The zero-order chi connectivity index (χ0) is 7.28. The van der Waals surface area contributed by atoms with Gasteiger partial charge in [0.05, 0.1) is 0 Å². The average molecular weight is 131 g/mol. The second-order valence-electron chi connectivity index (χ2n) is 1.40. The summed E-state index contributed by atoms with van der Waals surface area (Å²) in [5.74, 6) is -0.0370. The van der Waals surface area contributed by atoms with E-state index in [9.17, 15) is 4.79 Å². The maximum absolute atomic E-state index is 10.00. The number of ether oxygens (including phenoxy) is 1. The third kappa shape index (κ3) is 4.76. The fraction of sp³-hybridized carbons (Fsp3) is 0.500. The highest BCUT2D eigenvalue weighted by atomic mass is 16.5. The summed E-state index contributed by atoms with van der Waals surface area (Å²) >= 11 is 0. The molecule has 0 aliphatic carbocycles. The van der Waals surface area contributed by atoms with Crippen molar-refractivity contribution in [2.45, 2.75) is 0 Å². The summed E-state index contributed by atoms with van der Waals surface area (Å²) in [6.45, 7) is 0.0724. The predicted octanol–water partition coefficient (Wildman–Crippen LogP) is -0.722. The molecule has 0 bridgehead atoms. The molecule has 0 rings (SSSR count).